The number of thiophene rings is 4. The van der Waals surface area contributed by atoms with Gasteiger partial charge in [0.1, 0.15) is 39.1 Å². The summed E-state index contributed by atoms with van der Waals surface area (Å²) in [5.41, 5.74) is 28.9. The summed E-state index contributed by atoms with van der Waals surface area (Å²) in [5.74, 6) is 0. The summed E-state index contributed by atoms with van der Waals surface area (Å²) in [6.45, 7) is 0. The van der Waals surface area contributed by atoms with Gasteiger partial charge in [-0.1, -0.05) is 224 Å². The first-order chi connectivity index (χ1) is 65.4. The summed E-state index contributed by atoms with van der Waals surface area (Å²) >= 11 is 7.25. The van der Waals surface area contributed by atoms with Gasteiger partial charge in [0.2, 0.25) is 0 Å². The van der Waals surface area contributed by atoms with E-state index in [2.05, 4.69) is 397 Å². The fourth-order valence-electron chi connectivity index (χ4n) is 19.1. The Morgan fingerprint density at radius 3 is 0.909 bits per heavy atom. The Morgan fingerprint density at radius 2 is 0.424 bits per heavy atom. The van der Waals surface area contributed by atoms with Crippen LogP contribution in [0.1, 0.15) is 0 Å². The minimum atomic E-state index is 0.907. The molecule has 0 atom stereocenters. The summed E-state index contributed by atoms with van der Waals surface area (Å²) in [7, 11) is 0. The van der Waals surface area contributed by atoms with E-state index >= 15 is 0 Å². The highest BCUT2D eigenvalue weighted by atomic mass is 32.1. The minimum absolute atomic E-state index is 0.907. The average Bonchev–Trinajstić information content (AvgIpc) is 1.59. The van der Waals surface area contributed by atoms with Crippen molar-refractivity contribution in [2.24, 2.45) is 0 Å². The van der Waals surface area contributed by atoms with E-state index in [0.717, 1.165) is 162 Å². The van der Waals surface area contributed by atoms with E-state index in [-0.39, 0.29) is 0 Å². The molecule has 622 valence electrons. The lowest BCUT2D eigenvalue weighted by molar-refractivity contribution is 0.668. The van der Waals surface area contributed by atoms with Gasteiger partial charge in [-0.15, -0.1) is 45.3 Å². The molecule has 0 aliphatic rings. The summed E-state index contributed by atoms with van der Waals surface area (Å²) < 4.78 is 40.9. The Morgan fingerprint density at radius 1 is 0.136 bits per heavy atom. The predicted molar refractivity (Wildman–Crippen MR) is 561 cm³/mol. The smallest absolute Gasteiger partial charge is 0.154 e. The van der Waals surface area contributed by atoms with Crippen LogP contribution in [0.15, 0.2) is 465 Å². The Hall–Kier alpha value is -16.3. The Kier molecular flexibility index (Phi) is 18.6. The lowest BCUT2D eigenvalue weighted by atomic mass is 10.0. The van der Waals surface area contributed by atoms with Crippen LogP contribution in [-0.4, -0.2) is 0 Å². The maximum absolute atomic E-state index is 6.32. The molecule has 0 bridgehead atoms. The van der Waals surface area contributed by atoms with Gasteiger partial charge in [-0.05, 0) is 263 Å². The molecule has 0 amide bonds. The molecule has 9 heterocycles. The molecule has 0 fully saturated rings. The first-order valence-electron chi connectivity index (χ1n) is 44.1. The number of benzene rings is 19. The van der Waals surface area contributed by atoms with E-state index in [1.807, 2.05) is 83.3 Å². The molecular formula is C120H73N3O5S4. The second-order valence-corrected chi connectivity index (χ2v) is 37.5. The first kappa shape index (κ1) is 76.9. The number of furan rings is 5. The average molecular weight is 1770 g/mol. The minimum Gasteiger partial charge on any atom is -0.456 e. The third-order valence-corrected chi connectivity index (χ3v) is 30.1. The highest BCUT2D eigenvalue weighted by Crippen LogP contribution is 2.51. The van der Waals surface area contributed by atoms with Crippen molar-refractivity contribution in [2.45, 2.75) is 0 Å². The Labute approximate surface area is 772 Å². The first-order valence-corrected chi connectivity index (χ1v) is 47.4. The van der Waals surface area contributed by atoms with Crippen molar-refractivity contribution in [1.29, 1.82) is 0 Å². The molecule has 28 aromatic rings. The van der Waals surface area contributed by atoms with Gasteiger partial charge in [-0.25, -0.2) is 0 Å². The molecule has 0 saturated carbocycles. The third kappa shape index (κ3) is 13.4. The molecule has 0 aliphatic carbocycles. The van der Waals surface area contributed by atoms with E-state index in [4.69, 9.17) is 22.1 Å². The van der Waals surface area contributed by atoms with Crippen molar-refractivity contribution in [2.75, 3.05) is 14.7 Å². The summed E-state index contributed by atoms with van der Waals surface area (Å²) in [6.07, 6.45) is 0. The van der Waals surface area contributed by atoms with Crippen molar-refractivity contribution in [1.82, 2.24) is 0 Å². The van der Waals surface area contributed by atoms with Crippen LogP contribution in [-0.2, 0) is 0 Å². The van der Waals surface area contributed by atoms with Crippen molar-refractivity contribution in [3.8, 4) is 44.5 Å². The van der Waals surface area contributed by atoms with Gasteiger partial charge in [0.05, 0.1) is 14.1 Å². The summed E-state index contributed by atoms with van der Waals surface area (Å²) in [4.78, 5) is 7.01. The zero-order valence-corrected chi connectivity index (χ0v) is 73.9. The van der Waals surface area contributed by atoms with Crippen LogP contribution in [0, 0.1) is 0 Å². The molecule has 12 heteroatoms. The molecule has 0 aliphatic heterocycles. The normalized spacial score (nSPS) is 11.8. The summed E-state index contributed by atoms with van der Waals surface area (Å²) in [5, 5.41) is 14.2. The van der Waals surface area contributed by atoms with Gasteiger partial charge < -0.3 is 36.8 Å². The second kappa shape index (κ2) is 31.9. The number of fused-ring (bicyclic) bond motifs is 24. The lowest BCUT2D eigenvalue weighted by Crippen LogP contribution is -2.09. The molecule has 0 N–H and O–H groups in total. The van der Waals surface area contributed by atoms with Crippen LogP contribution in [0.3, 0.4) is 0 Å². The summed E-state index contributed by atoms with van der Waals surface area (Å²) in [6, 6.07) is 157. The molecule has 19 aromatic carbocycles. The monoisotopic (exact) mass is 1760 g/mol. The Bertz CT molecular complexity index is 9320. The number of hydrogen-bond donors (Lipinski definition) is 0. The number of para-hydroxylation sites is 7. The maximum Gasteiger partial charge on any atom is 0.154 e. The fraction of sp³-hybridized carbons (Fsp3) is 0. The van der Waals surface area contributed by atoms with Gasteiger partial charge in [0.25, 0.3) is 0 Å². The van der Waals surface area contributed by atoms with Crippen molar-refractivity contribution < 1.29 is 22.1 Å². The standard InChI is InChI=1S/C44H27NO2S.C38H23NO2S.C38H23NOS2/c1-2-8-28(9-3-1)29-14-19-32(20-15-29)45(34-23-24-37-42(27-34)48-44-36-11-5-7-13-40(36)47-43(37)44)33-21-16-30(17-22-33)31-18-25-41-38(26-31)35-10-4-6-12-39(35)46-41;1-2-10-26(11-3-1)39(28-18-19-31-36(23-28)42-38-30-14-5-7-16-34(30)41-37(31)38)27-12-8-9-24(21-27)25-17-20-35-32(22-25)29-13-4-6-15-33(29)40-35;1-2-8-26(9-3-1)39(28-19-21-35-32(23-28)29-10-5-7-13-34(29)41-35)27-17-14-24(15-18-27)25-16-20-31-36(22-25)42-38-30-11-4-6-12-33(30)40-37(31)38/h1-27H;2*1-23H. The van der Waals surface area contributed by atoms with Crippen molar-refractivity contribution >= 4 is 255 Å². The van der Waals surface area contributed by atoms with Gasteiger partial charge in [0.15, 0.2) is 16.7 Å². The quantitative estimate of drug-likeness (QED) is 0.113. The van der Waals surface area contributed by atoms with E-state index in [1.54, 1.807) is 22.7 Å². The van der Waals surface area contributed by atoms with E-state index in [9.17, 15) is 0 Å². The molecule has 132 heavy (non-hydrogen) atoms. The molecule has 0 unspecified atom stereocenters. The lowest BCUT2D eigenvalue weighted by Gasteiger charge is -2.26. The zero-order chi connectivity index (χ0) is 86.9. The van der Waals surface area contributed by atoms with E-state index in [1.165, 1.54) is 92.2 Å². The second-order valence-electron chi connectivity index (χ2n) is 33.3. The predicted octanol–water partition coefficient (Wildman–Crippen LogP) is 37.6. The number of nitrogens with zero attached hydrogens (tertiary/aromatic N) is 3. The van der Waals surface area contributed by atoms with E-state index in [0.29, 0.717) is 0 Å². The SMILES string of the molecule is c1ccc(-c2ccc(N(c3ccc(-c4ccc5oc6ccccc6c5c4)cc3)c3ccc4c(c3)sc3c5ccccc5oc43)cc2)cc1.c1ccc(N(c2ccc(-c3ccc4c(c3)sc3c5ccccc5oc43)cc2)c2ccc3sc4ccccc4c3c2)cc1.c1ccc(N(c2cccc(-c3ccc4oc5ccccc5c4c3)c2)c2ccc3c(c2)sc2c4ccccc4oc32)cc1. The van der Waals surface area contributed by atoms with E-state index < -0.39 is 0 Å². The van der Waals surface area contributed by atoms with Crippen LogP contribution < -0.4 is 14.7 Å². The largest absolute Gasteiger partial charge is 0.456 e. The highest BCUT2D eigenvalue weighted by Gasteiger charge is 2.24. The molecule has 8 nitrogen and oxygen atoms in total. The van der Waals surface area contributed by atoms with Crippen LogP contribution in [0.25, 0.3) is 203 Å². The molecule has 9 aromatic heterocycles. The van der Waals surface area contributed by atoms with Gasteiger partial charge in [0, 0.05) is 139 Å². The van der Waals surface area contributed by atoms with Crippen LogP contribution in [0.2, 0.25) is 0 Å². The van der Waals surface area contributed by atoms with Crippen molar-refractivity contribution in [3.63, 3.8) is 0 Å². The van der Waals surface area contributed by atoms with Gasteiger partial charge in [-0.3, -0.25) is 0 Å². The van der Waals surface area contributed by atoms with Gasteiger partial charge >= 0.3 is 0 Å². The number of hydrogen-bond acceptors (Lipinski definition) is 12. The third-order valence-electron chi connectivity index (χ3n) is 25.4. The zero-order valence-electron chi connectivity index (χ0n) is 70.7. The topological polar surface area (TPSA) is 75.4 Å². The molecule has 0 spiro atoms. The molecule has 28 rings (SSSR count). The molecule has 0 radical (unpaired) electrons. The van der Waals surface area contributed by atoms with Crippen LogP contribution in [0.5, 0.6) is 0 Å². The van der Waals surface area contributed by atoms with Crippen LogP contribution in [0.4, 0.5) is 51.2 Å². The molecular weight excluding hydrogens is 1690 g/mol. The van der Waals surface area contributed by atoms with Gasteiger partial charge in [-0.2, -0.15) is 0 Å². The number of anilines is 9. The number of rotatable bonds is 13. The highest BCUT2D eigenvalue weighted by molar-refractivity contribution is 7.27. The molecule has 0 saturated heterocycles. The van der Waals surface area contributed by atoms with Crippen molar-refractivity contribution in [3.05, 3.63) is 443 Å². The van der Waals surface area contributed by atoms with Crippen LogP contribution >= 0.6 is 45.3 Å². The fourth-order valence-corrected chi connectivity index (χ4v) is 23.7. The maximum atomic E-state index is 6.32. The Balaban J connectivity index is 0.000000104.